The minimum atomic E-state index is -0.969. The van der Waals surface area contributed by atoms with Crippen molar-refractivity contribution < 1.29 is 14.6 Å². The van der Waals surface area contributed by atoms with Gasteiger partial charge in [0.1, 0.15) is 12.1 Å². The number of pyridine rings is 1. The number of nitrogens with zero attached hydrogens (tertiary/aromatic N) is 4. The van der Waals surface area contributed by atoms with E-state index in [0.717, 1.165) is 28.3 Å². The number of ether oxygens (including phenoxy) is 1. The first-order valence-electron chi connectivity index (χ1n) is 9.41. The number of hydrogen-bond acceptors (Lipinski definition) is 7. The molecule has 1 unspecified atom stereocenters. The van der Waals surface area contributed by atoms with Crippen LogP contribution in [0.2, 0.25) is 0 Å². The molecule has 0 saturated carbocycles. The van der Waals surface area contributed by atoms with E-state index in [0.29, 0.717) is 31.2 Å². The highest BCUT2D eigenvalue weighted by molar-refractivity contribution is 7.15. The Hall–Kier alpha value is -3.20. The number of amides is 1. The van der Waals surface area contributed by atoms with Crippen LogP contribution >= 0.6 is 11.3 Å². The van der Waals surface area contributed by atoms with Gasteiger partial charge in [0, 0.05) is 30.1 Å². The van der Waals surface area contributed by atoms with Crippen LogP contribution in [0.4, 0.5) is 10.6 Å². The molecule has 0 radical (unpaired) electrons. The van der Waals surface area contributed by atoms with E-state index in [2.05, 4.69) is 32.4 Å². The number of hydrogen-bond donors (Lipinski definition) is 2. The van der Waals surface area contributed by atoms with E-state index in [1.54, 1.807) is 23.6 Å². The van der Waals surface area contributed by atoms with Crippen LogP contribution in [0.15, 0.2) is 48.9 Å². The van der Waals surface area contributed by atoms with Crippen molar-refractivity contribution in [1.82, 2.24) is 19.9 Å². The van der Waals surface area contributed by atoms with Gasteiger partial charge in [0.2, 0.25) is 5.88 Å². The molecule has 8 nitrogen and oxygen atoms in total. The van der Waals surface area contributed by atoms with Crippen molar-refractivity contribution >= 4 is 23.2 Å². The minimum absolute atomic E-state index is 0.362. The molecule has 0 aromatic carbocycles. The number of aromatic nitrogens is 3. The molecule has 1 fully saturated rings. The topological polar surface area (TPSA) is 100 Å². The zero-order valence-electron chi connectivity index (χ0n) is 15.7. The van der Waals surface area contributed by atoms with Crippen molar-refractivity contribution in [3.63, 3.8) is 0 Å². The Morgan fingerprint density at radius 2 is 2.17 bits per heavy atom. The quantitative estimate of drug-likeness (QED) is 0.630. The molecule has 4 rings (SSSR count). The van der Waals surface area contributed by atoms with Gasteiger partial charge in [-0.15, -0.1) is 11.3 Å². The zero-order valence-corrected chi connectivity index (χ0v) is 16.5. The normalized spacial score (nSPS) is 16.4. The molecule has 9 heteroatoms. The smallest absolute Gasteiger partial charge is 0.410 e. The molecule has 3 aromatic rings. The third-order valence-corrected chi connectivity index (χ3v) is 5.72. The second-order valence-electron chi connectivity index (χ2n) is 6.62. The van der Waals surface area contributed by atoms with Crippen LogP contribution in [-0.2, 0) is 6.54 Å². The molecule has 1 aliphatic rings. The van der Waals surface area contributed by atoms with Gasteiger partial charge in [-0.05, 0) is 37.1 Å². The summed E-state index contributed by atoms with van der Waals surface area (Å²) >= 11 is 1.67. The fourth-order valence-corrected chi connectivity index (χ4v) is 4.10. The molecule has 0 spiro atoms. The summed E-state index contributed by atoms with van der Waals surface area (Å²) in [6.07, 6.45) is 4.16. The second kappa shape index (κ2) is 8.87. The fourth-order valence-electron chi connectivity index (χ4n) is 3.18. The van der Waals surface area contributed by atoms with Gasteiger partial charge in [0.25, 0.3) is 0 Å². The first-order valence-corrected chi connectivity index (χ1v) is 10.2. The molecule has 29 heavy (non-hydrogen) atoms. The fraction of sp³-hybridized carbons (Fsp3) is 0.300. The monoisotopic (exact) mass is 411 g/mol. The maximum atomic E-state index is 11.4. The lowest BCUT2D eigenvalue weighted by molar-refractivity contribution is 0.00335. The van der Waals surface area contributed by atoms with Crippen LogP contribution < -0.4 is 10.1 Å². The average Bonchev–Trinajstić information content (AvgIpc) is 3.23. The van der Waals surface area contributed by atoms with Crippen LogP contribution in [0.1, 0.15) is 24.1 Å². The van der Waals surface area contributed by atoms with Crippen LogP contribution in [0, 0.1) is 0 Å². The lowest BCUT2D eigenvalue weighted by atomic mass is 10.1. The number of piperidine rings is 1. The highest BCUT2D eigenvalue weighted by atomic mass is 32.1. The first-order chi connectivity index (χ1) is 14.2. The van der Waals surface area contributed by atoms with Crippen molar-refractivity contribution in [2.45, 2.75) is 32.0 Å². The highest BCUT2D eigenvalue weighted by Crippen LogP contribution is 2.27. The lowest BCUT2D eigenvalue weighted by Crippen LogP contribution is -2.46. The molecule has 1 saturated heterocycles. The van der Waals surface area contributed by atoms with Crippen molar-refractivity contribution in [2.75, 3.05) is 11.9 Å². The first kappa shape index (κ1) is 19.1. The van der Waals surface area contributed by atoms with E-state index in [9.17, 15) is 9.90 Å². The Kier molecular flexibility index (Phi) is 5.85. The van der Waals surface area contributed by atoms with Gasteiger partial charge in [-0.3, -0.25) is 9.88 Å². The zero-order chi connectivity index (χ0) is 20.1. The summed E-state index contributed by atoms with van der Waals surface area (Å²) in [5.41, 5.74) is 0.955. The van der Waals surface area contributed by atoms with Crippen LogP contribution in [0.3, 0.4) is 0 Å². The van der Waals surface area contributed by atoms with E-state index >= 15 is 0 Å². The number of carbonyl (C=O) groups is 1. The molecule has 1 amide bonds. The number of thiophene rings is 1. The molecular formula is C20H21N5O3S. The maximum absolute atomic E-state index is 11.4. The Morgan fingerprint density at radius 3 is 3.00 bits per heavy atom. The molecule has 0 bridgehead atoms. The number of nitrogens with one attached hydrogen (secondary N) is 1. The third kappa shape index (κ3) is 4.80. The summed E-state index contributed by atoms with van der Waals surface area (Å²) in [7, 11) is 0. The predicted octanol–water partition coefficient (Wildman–Crippen LogP) is 4.08. The largest absolute Gasteiger partial charge is 0.465 e. The standard InChI is InChI=1S/C20H21N5O3S/c26-20(27)25-10-4-2-6-19(25)28-18-11-17(23-13-24-18)22-12-14-7-8-16(29-14)15-5-1-3-9-21-15/h1,3,5,7-9,11,13,19H,2,4,6,10,12H2,(H,26,27)(H,22,23,24). The summed E-state index contributed by atoms with van der Waals surface area (Å²) in [5, 5.41) is 12.6. The molecule has 4 heterocycles. The van der Waals surface area contributed by atoms with Gasteiger partial charge in [-0.2, -0.15) is 0 Å². The van der Waals surface area contributed by atoms with E-state index < -0.39 is 12.3 Å². The number of rotatable bonds is 6. The van der Waals surface area contributed by atoms with Gasteiger partial charge in [0.15, 0.2) is 6.23 Å². The number of anilines is 1. The van der Waals surface area contributed by atoms with Gasteiger partial charge in [-0.1, -0.05) is 6.07 Å². The predicted molar refractivity (Wildman–Crippen MR) is 110 cm³/mol. The molecule has 2 N–H and O–H groups in total. The molecule has 0 aliphatic carbocycles. The van der Waals surface area contributed by atoms with Gasteiger partial charge in [-0.25, -0.2) is 14.8 Å². The second-order valence-corrected chi connectivity index (χ2v) is 7.79. The SMILES string of the molecule is O=C(O)N1CCCCC1Oc1cc(NCc2ccc(-c3ccccn3)s2)ncn1. The molecule has 1 aliphatic heterocycles. The molecule has 1 atom stereocenters. The Labute approximate surface area is 172 Å². The van der Waals surface area contributed by atoms with Crippen molar-refractivity contribution in [2.24, 2.45) is 0 Å². The van der Waals surface area contributed by atoms with Gasteiger partial charge >= 0.3 is 6.09 Å². The van der Waals surface area contributed by atoms with Crippen molar-refractivity contribution in [3.8, 4) is 16.5 Å². The Morgan fingerprint density at radius 1 is 1.24 bits per heavy atom. The van der Waals surface area contributed by atoms with Crippen molar-refractivity contribution in [3.05, 3.63) is 53.8 Å². The van der Waals surface area contributed by atoms with Crippen LogP contribution in [-0.4, -0.2) is 43.8 Å². The number of likely N-dealkylation sites (tertiary alicyclic amines) is 1. The summed E-state index contributed by atoms with van der Waals surface area (Å²) < 4.78 is 5.83. The lowest BCUT2D eigenvalue weighted by Gasteiger charge is -2.32. The summed E-state index contributed by atoms with van der Waals surface area (Å²) in [4.78, 5) is 27.7. The Bertz CT molecular complexity index is 966. The maximum Gasteiger partial charge on any atom is 0.410 e. The van der Waals surface area contributed by atoms with Gasteiger partial charge in [0.05, 0.1) is 17.1 Å². The Balaban J connectivity index is 1.38. The summed E-state index contributed by atoms with van der Waals surface area (Å²) in [6, 6.07) is 11.7. The van der Waals surface area contributed by atoms with Crippen LogP contribution in [0.5, 0.6) is 5.88 Å². The molecule has 3 aromatic heterocycles. The van der Waals surface area contributed by atoms with E-state index in [-0.39, 0.29) is 0 Å². The molecule has 150 valence electrons. The highest BCUT2D eigenvalue weighted by Gasteiger charge is 2.28. The van der Waals surface area contributed by atoms with Crippen molar-refractivity contribution in [1.29, 1.82) is 0 Å². The summed E-state index contributed by atoms with van der Waals surface area (Å²) in [5.74, 6) is 0.987. The van der Waals surface area contributed by atoms with E-state index in [1.807, 2.05) is 18.2 Å². The average molecular weight is 411 g/mol. The van der Waals surface area contributed by atoms with E-state index in [4.69, 9.17) is 4.74 Å². The summed E-state index contributed by atoms with van der Waals surface area (Å²) in [6.45, 7) is 1.09. The minimum Gasteiger partial charge on any atom is -0.465 e. The van der Waals surface area contributed by atoms with Crippen LogP contribution in [0.25, 0.3) is 10.6 Å². The third-order valence-electron chi connectivity index (χ3n) is 4.61. The van der Waals surface area contributed by atoms with Gasteiger partial charge < -0.3 is 15.2 Å². The molecular weight excluding hydrogens is 390 g/mol. The van der Waals surface area contributed by atoms with E-state index in [1.165, 1.54) is 11.2 Å². The number of carboxylic acid groups (broad SMARTS) is 1.